The summed E-state index contributed by atoms with van der Waals surface area (Å²) in [6.45, 7) is 24.0. The van der Waals surface area contributed by atoms with Gasteiger partial charge in [-0.3, -0.25) is 0 Å². The summed E-state index contributed by atoms with van der Waals surface area (Å²) in [4.78, 5) is 0. The van der Waals surface area contributed by atoms with Crippen LogP contribution in [0, 0.1) is 0 Å². The molecule has 1 fully saturated rings. The average Bonchev–Trinajstić information content (AvgIpc) is 3.10. The van der Waals surface area contributed by atoms with E-state index in [9.17, 15) is 0 Å². The smallest absolute Gasteiger partial charge is 0.192 e. The largest absolute Gasteiger partial charge is 0.414 e. The molecular formula is C19H43IO2Si2. The van der Waals surface area contributed by atoms with Crippen molar-refractivity contribution in [3.05, 3.63) is 0 Å². The van der Waals surface area contributed by atoms with Crippen LogP contribution in [0.25, 0.3) is 0 Å². The molecule has 0 N–H and O–H groups in total. The van der Waals surface area contributed by atoms with E-state index in [4.69, 9.17) is 9.16 Å². The predicted octanol–water partition coefficient (Wildman–Crippen LogP) is 6.65. The highest BCUT2D eigenvalue weighted by molar-refractivity contribution is 14.1. The van der Waals surface area contributed by atoms with Gasteiger partial charge >= 0.3 is 0 Å². The van der Waals surface area contributed by atoms with Gasteiger partial charge in [0, 0.05) is 19.3 Å². The Morgan fingerprint density at radius 3 is 1.75 bits per heavy atom. The van der Waals surface area contributed by atoms with Gasteiger partial charge in [0.1, 0.15) is 0 Å². The van der Waals surface area contributed by atoms with Gasteiger partial charge < -0.3 is 9.16 Å². The summed E-state index contributed by atoms with van der Waals surface area (Å²) in [5, 5.41) is 0.923. The molecule has 0 heterocycles. The lowest BCUT2D eigenvalue weighted by Crippen LogP contribution is -2.43. The second kappa shape index (κ2) is 9.33. The lowest BCUT2D eigenvalue weighted by Gasteiger charge is -2.37. The third kappa shape index (κ3) is 9.69. The topological polar surface area (TPSA) is 18.5 Å². The highest BCUT2D eigenvalue weighted by Gasteiger charge is 2.43. The number of methoxy groups -OCH3 is 1. The summed E-state index contributed by atoms with van der Waals surface area (Å²) in [5.74, 6) is 0. The Bertz CT molecular complexity index is 367. The number of hydrogen-bond donors (Lipinski definition) is 0. The first kappa shape index (κ1) is 25.1. The summed E-state index contributed by atoms with van der Waals surface area (Å²) in [6, 6.07) is 0. The first-order chi connectivity index (χ1) is 10.5. The molecule has 0 aromatic carbocycles. The molecule has 0 aliphatic heterocycles. The third-order valence-electron chi connectivity index (χ3n) is 5.89. The molecular weight excluding hydrogens is 443 g/mol. The van der Waals surface area contributed by atoms with Crippen LogP contribution in [-0.4, -0.2) is 40.4 Å². The van der Waals surface area contributed by atoms with E-state index >= 15 is 0 Å². The van der Waals surface area contributed by atoms with Gasteiger partial charge in [-0.1, -0.05) is 77.2 Å². The van der Waals surface area contributed by atoms with Crippen LogP contribution in [0.1, 0.15) is 60.8 Å². The minimum atomic E-state index is -1.62. The van der Waals surface area contributed by atoms with E-state index in [0.717, 1.165) is 13.0 Å². The molecule has 1 atom stereocenters. The lowest BCUT2D eigenvalue weighted by molar-refractivity contribution is 0.0466. The molecule has 0 unspecified atom stereocenters. The molecule has 146 valence electrons. The first-order valence-electron chi connectivity index (χ1n) is 9.40. The average molecular weight is 487 g/mol. The minimum absolute atomic E-state index is 0.267. The van der Waals surface area contributed by atoms with Crippen LogP contribution in [0.5, 0.6) is 0 Å². The van der Waals surface area contributed by atoms with E-state index in [2.05, 4.69) is 90.3 Å². The maximum absolute atomic E-state index is 6.23. The molecule has 24 heavy (non-hydrogen) atoms. The lowest BCUT2D eigenvalue weighted by atomic mass is 10.2. The quantitative estimate of drug-likeness (QED) is 0.238. The van der Waals surface area contributed by atoms with Gasteiger partial charge in [0.2, 0.25) is 0 Å². The Hall–Kier alpha value is 1.08. The van der Waals surface area contributed by atoms with E-state index < -0.39 is 8.32 Å². The molecule has 0 radical (unpaired) electrons. The minimum Gasteiger partial charge on any atom is -0.414 e. The molecule has 2 nitrogen and oxygen atoms in total. The zero-order valence-corrected chi connectivity index (χ0v) is 22.5. The molecule has 0 aromatic rings. The second-order valence-electron chi connectivity index (χ2n) is 10.3. The highest BCUT2D eigenvalue weighted by Crippen LogP contribution is 2.49. The van der Waals surface area contributed by atoms with E-state index in [1.54, 1.807) is 0 Å². The van der Waals surface area contributed by atoms with Gasteiger partial charge in [0.25, 0.3) is 0 Å². The molecule has 1 aliphatic carbocycles. The Kier molecular flexibility index (Phi) is 9.75. The van der Waals surface area contributed by atoms with Crippen molar-refractivity contribution in [3.63, 3.8) is 0 Å². The van der Waals surface area contributed by atoms with Crippen LogP contribution < -0.4 is 0 Å². The van der Waals surface area contributed by atoms with Crippen molar-refractivity contribution in [2.24, 2.45) is 0 Å². The Labute approximate surface area is 168 Å². The van der Waals surface area contributed by atoms with Gasteiger partial charge in [-0.15, -0.1) is 0 Å². The molecule has 0 spiro atoms. The van der Waals surface area contributed by atoms with Crippen LogP contribution >= 0.6 is 22.6 Å². The zero-order valence-electron chi connectivity index (χ0n) is 18.2. The third-order valence-corrected chi connectivity index (χ3v) is 15.4. The Balaban J connectivity index is 0.000000640. The van der Waals surface area contributed by atoms with Crippen molar-refractivity contribution in [1.29, 1.82) is 0 Å². The normalized spacial score (nSPS) is 18.9. The molecule has 5 heteroatoms. The number of halogens is 1. The van der Waals surface area contributed by atoms with Gasteiger partial charge in [0.05, 0.1) is 12.7 Å². The summed E-state index contributed by atoms with van der Waals surface area (Å²) >= 11 is 2.58. The summed E-state index contributed by atoms with van der Waals surface area (Å²) < 4.78 is 12.3. The fraction of sp³-hybridized carbons (Fsp3) is 1.00. The van der Waals surface area contributed by atoms with Gasteiger partial charge in [0.15, 0.2) is 8.32 Å². The molecule has 0 amide bonds. The van der Waals surface area contributed by atoms with Crippen molar-refractivity contribution < 1.29 is 9.16 Å². The van der Waals surface area contributed by atoms with E-state index in [-0.39, 0.29) is 19.9 Å². The van der Waals surface area contributed by atoms with Crippen LogP contribution in [0.4, 0.5) is 0 Å². The summed E-state index contributed by atoms with van der Waals surface area (Å²) in [6.07, 6.45) is 4.09. The van der Waals surface area contributed by atoms with Crippen molar-refractivity contribution in [1.82, 2.24) is 0 Å². The van der Waals surface area contributed by atoms with E-state index in [1.807, 2.05) is 7.11 Å². The molecule has 1 saturated carbocycles. The molecule has 1 aliphatic rings. The SMILES string of the molecule is CO[C@@H](CO[Si](C)(C)C(C)(C)C)CC1(I)CC1.C[SiH](C)C(C)(C)C. The summed E-state index contributed by atoms with van der Waals surface area (Å²) in [5.41, 5.74) is 0. The molecule has 0 saturated heterocycles. The number of alkyl halides is 1. The zero-order chi connectivity index (χ0) is 19.4. The predicted molar refractivity (Wildman–Crippen MR) is 123 cm³/mol. The fourth-order valence-corrected chi connectivity index (χ4v) is 3.27. The maximum atomic E-state index is 6.23. The van der Waals surface area contributed by atoms with E-state index in [0.29, 0.717) is 8.46 Å². The van der Waals surface area contributed by atoms with Crippen LogP contribution in [0.15, 0.2) is 0 Å². The first-order valence-corrected chi connectivity index (χ1v) is 16.3. The van der Waals surface area contributed by atoms with Crippen molar-refractivity contribution in [2.75, 3.05) is 13.7 Å². The number of rotatable bonds is 6. The van der Waals surface area contributed by atoms with E-state index in [1.165, 1.54) is 12.8 Å². The highest BCUT2D eigenvalue weighted by atomic mass is 127. The van der Waals surface area contributed by atoms with Crippen molar-refractivity contribution in [2.45, 2.75) is 107 Å². The van der Waals surface area contributed by atoms with Crippen molar-refractivity contribution >= 4 is 39.7 Å². The van der Waals surface area contributed by atoms with Gasteiger partial charge in [-0.2, -0.15) is 0 Å². The number of ether oxygens (including phenoxy) is 1. The molecule has 0 aromatic heterocycles. The van der Waals surface area contributed by atoms with Crippen LogP contribution in [-0.2, 0) is 9.16 Å². The maximum Gasteiger partial charge on any atom is 0.192 e. The number of hydrogen-bond acceptors (Lipinski definition) is 2. The monoisotopic (exact) mass is 486 g/mol. The molecule has 1 rings (SSSR count). The molecule has 0 bridgehead atoms. The Morgan fingerprint density at radius 2 is 1.50 bits per heavy atom. The van der Waals surface area contributed by atoms with Gasteiger partial charge in [-0.05, 0) is 42.4 Å². The fourth-order valence-electron chi connectivity index (χ4n) is 1.48. The van der Waals surface area contributed by atoms with Gasteiger partial charge in [-0.25, -0.2) is 0 Å². The summed E-state index contributed by atoms with van der Waals surface area (Å²) in [7, 11) is -0.173. The second-order valence-corrected chi connectivity index (χ2v) is 21.4. The van der Waals surface area contributed by atoms with Crippen molar-refractivity contribution in [3.8, 4) is 0 Å². The van der Waals surface area contributed by atoms with Crippen LogP contribution in [0.2, 0.25) is 36.3 Å². The van der Waals surface area contributed by atoms with Crippen LogP contribution in [0.3, 0.4) is 0 Å². The Morgan fingerprint density at radius 1 is 1.08 bits per heavy atom. The standard InChI is InChI=1S/C13H27IO2Si.C6H16Si/c1-12(2,3)17(5,6)16-10-11(15-4)9-13(14)7-8-13;1-6(2,3)7(4)5/h11H,7-10H2,1-6H3;7H,1-5H3/t11-;/m1./s1.